The number of ether oxygens (including phenoxy) is 1. The van der Waals surface area contributed by atoms with Crippen molar-refractivity contribution in [2.24, 2.45) is 0 Å². The van der Waals surface area contributed by atoms with Gasteiger partial charge in [0.25, 0.3) is 0 Å². The number of pyridine rings is 1. The summed E-state index contributed by atoms with van der Waals surface area (Å²) < 4.78 is 18.8. The molecule has 6 nitrogen and oxygen atoms in total. The maximum Gasteiger partial charge on any atom is 0.212 e. The molecule has 2 aromatic heterocycles. The van der Waals surface area contributed by atoms with Crippen LogP contribution in [0.2, 0.25) is 5.02 Å². The monoisotopic (exact) mass is 479 g/mol. The minimum absolute atomic E-state index is 0.0799. The summed E-state index contributed by atoms with van der Waals surface area (Å²) in [4.78, 5) is 5.66. The minimum Gasteiger partial charge on any atom is -0.391 e. The van der Waals surface area contributed by atoms with Crippen molar-refractivity contribution in [1.29, 1.82) is 0 Å². The number of rotatable bonds is 4. The second-order valence-corrected chi connectivity index (χ2v) is 9.43. The topological polar surface area (TPSA) is 103 Å². The lowest BCUT2D eigenvalue weighted by molar-refractivity contribution is -0.162. The summed E-state index contributed by atoms with van der Waals surface area (Å²) in [5.74, 6) is -0.530. The molecule has 3 aromatic rings. The van der Waals surface area contributed by atoms with Crippen LogP contribution in [0.4, 0.5) is 4.39 Å². The third-order valence-electron chi connectivity index (χ3n) is 5.47. The van der Waals surface area contributed by atoms with Crippen LogP contribution < -0.4 is 0 Å². The van der Waals surface area contributed by atoms with Crippen LogP contribution in [0.25, 0.3) is 10.4 Å². The number of hydrogen-bond acceptors (Lipinski definition) is 7. The maximum atomic E-state index is 13.1. The summed E-state index contributed by atoms with van der Waals surface area (Å²) in [5.41, 5.74) is 2.19. The molecule has 3 heterocycles. The first-order chi connectivity index (χ1) is 15.3. The van der Waals surface area contributed by atoms with Crippen molar-refractivity contribution >= 4 is 22.9 Å². The molecule has 32 heavy (non-hydrogen) atoms. The molecule has 0 aliphatic carbocycles. The van der Waals surface area contributed by atoms with E-state index in [2.05, 4.69) is 4.98 Å². The zero-order valence-electron chi connectivity index (χ0n) is 16.9. The van der Waals surface area contributed by atoms with Crippen LogP contribution in [-0.2, 0) is 11.2 Å². The average molecular weight is 480 g/mol. The Hall–Kier alpha value is -1.91. The van der Waals surface area contributed by atoms with Crippen LogP contribution >= 0.6 is 22.9 Å². The molecule has 0 bridgehead atoms. The Morgan fingerprint density at radius 2 is 1.88 bits per heavy atom. The Kier molecular flexibility index (Phi) is 7.21. The van der Waals surface area contributed by atoms with Crippen LogP contribution in [-0.4, -0.2) is 56.4 Å². The van der Waals surface area contributed by atoms with E-state index in [1.54, 1.807) is 24.3 Å². The molecule has 0 radical (unpaired) electrons. The highest BCUT2D eigenvalue weighted by Gasteiger charge is 2.36. The number of halogens is 2. The molecule has 0 spiro atoms. The maximum absolute atomic E-state index is 13.1. The van der Waals surface area contributed by atoms with Crippen molar-refractivity contribution < 1.29 is 29.6 Å². The molecule has 9 heteroatoms. The molecule has 1 saturated heterocycles. The van der Waals surface area contributed by atoms with Gasteiger partial charge in [-0.1, -0.05) is 23.7 Å². The molecule has 0 amide bonds. The average Bonchev–Trinajstić information content (AvgIpc) is 3.23. The van der Waals surface area contributed by atoms with Gasteiger partial charge in [0.2, 0.25) is 5.95 Å². The Bertz CT molecular complexity index is 1060. The van der Waals surface area contributed by atoms with Crippen molar-refractivity contribution in [2.45, 2.75) is 43.4 Å². The second-order valence-electron chi connectivity index (χ2n) is 7.86. The predicted molar refractivity (Wildman–Crippen MR) is 119 cm³/mol. The van der Waals surface area contributed by atoms with Crippen LogP contribution in [0.5, 0.6) is 0 Å². The van der Waals surface area contributed by atoms with Gasteiger partial charge in [-0.05, 0) is 41.5 Å². The van der Waals surface area contributed by atoms with E-state index in [0.717, 1.165) is 20.9 Å². The number of thiophene rings is 1. The lowest BCUT2D eigenvalue weighted by Crippen LogP contribution is -2.46. The minimum atomic E-state index is -1.46. The summed E-state index contributed by atoms with van der Waals surface area (Å²) in [5, 5.41) is 41.3. The van der Waals surface area contributed by atoms with Crippen LogP contribution in [0, 0.1) is 5.95 Å². The second kappa shape index (κ2) is 9.93. The van der Waals surface area contributed by atoms with E-state index in [1.165, 1.54) is 23.6 Å². The number of aliphatic hydroxyl groups excluding tert-OH is 4. The van der Waals surface area contributed by atoms with E-state index < -0.39 is 36.5 Å². The van der Waals surface area contributed by atoms with Crippen molar-refractivity contribution in [1.82, 2.24) is 4.98 Å². The molecular formula is C23H23ClFNO5S. The van der Waals surface area contributed by atoms with E-state index >= 15 is 0 Å². The van der Waals surface area contributed by atoms with Crippen molar-refractivity contribution in [2.75, 3.05) is 6.61 Å². The van der Waals surface area contributed by atoms with Crippen molar-refractivity contribution in [3.63, 3.8) is 0 Å². The van der Waals surface area contributed by atoms with Gasteiger partial charge in [-0.3, -0.25) is 0 Å². The smallest absolute Gasteiger partial charge is 0.212 e. The number of aliphatic hydroxyl groups is 4. The van der Waals surface area contributed by atoms with E-state index in [9.17, 15) is 24.8 Å². The number of hydrogen-bond donors (Lipinski definition) is 4. The van der Waals surface area contributed by atoms with Crippen LogP contribution in [0.1, 0.15) is 28.5 Å². The van der Waals surface area contributed by atoms with Gasteiger partial charge in [0, 0.05) is 39.4 Å². The van der Waals surface area contributed by atoms with E-state index in [0.29, 0.717) is 17.0 Å². The first-order valence-corrected chi connectivity index (χ1v) is 11.3. The molecular weight excluding hydrogens is 457 g/mol. The summed E-state index contributed by atoms with van der Waals surface area (Å²) >= 11 is 7.95. The van der Waals surface area contributed by atoms with Gasteiger partial charge in [0.15, 0.2) is 0 Å². The highest BCUT2D eigenvalue weighted by Crippen LogP contribution is 2.34. The van der Waals surface area contributed by atoms with Gasteiger partial charge in [-0.2, -0.15) is 4.39 Å². The first-order valence-electron chi connectivity index (χ1n) is 10.1. The van der Waals surface area contributed by atoms with Gasteiger partial charge in [-0.25, -0.2) is 4.98 Å². The summed E-state index contributed by atoms with van der Waals surface area (Å²) in [6, 6.07) is 12.1. The van der Waals surface area contributed by atoms with E-state index in [-0.39, 0.29) is 13.0 Å². The Morgan fingerprint density at radius 3 is 2.62 bits per heavy atom. The molecule has 4 N–H and O–H groups in total. The van der Waals surface area contributed by atoms with E-state index in [4.69, 9.17) is 16.3 Å². The fraction of sp³-hybridized carbons (Fsp3) is 0.348. The van der Waals surface area contributed by atoms with Gasteiger partial charge in [-0.15, -0.1) is 11.3 Å². The van der Waals surface area contributed by atoms with Gasteiger partial charge < -0.3 is 25.2 Å². The van der Waals surface area contributed by atoms with E-state index in [1.807, 2.05) is 12.1 Å². The molecule has 4 rings (SSSR count). The summed E-state index contributed by atoms with van der Waals surface area (Å²) in [6.07, 6.45) is -4.06. The Morgan fingerprint density at radius 1 is 1.06 bits per heavy atom. The molecule has 4 unspecified atom stereocenters. The Labute approximate surface area is 193 Å². The van der Waals surface area contributed by atoms with Crippen molar-refractivity contribution in [3.05, 3.63) is 75.6 Å². The molecule has 1 fully saturated rings. The number of nitrogens with zero attached hydrogens (tertiary/aromatic N) is 1. The molecule has 0 saturated carbocycles. The zero-order valence-corrected chi connectivity index (χ0v) is 18.5. The normalized spacial score (nSPS) is 26.5. The summed E-state index contributed by atoms with van der Waals surface area (Å²) in [6.45, 7) is -0.0799. The molecule has 1 aromatic carbocycles. The van der Waals surface area contributed by atoms with Gasteiger partial charge in [0.1, 0.15) is 18.3 Å². The number of benzene rings is 1. The lowest BCUT2D eigenvalue weighted by Gasteiger charge is -2.34. The third-order valence-corrected chi connectivity index (χ3v) is 6.98. The van der Waals surface area contributed by atoms with Gasteiger partial charge in [0.05, 0.1) is 18.8 Å². The largest absolute Gasteiger partial charge is 0.391 e. The predicted octanol–water partition coefficient (Wildman–Crippen LogP) is 3.10. The van der Waals surface area contributed by atoms with Crippen molar-refractivity contribution in [3.8, 4) is 10.4 Å². The SMILES string of the molecule is OC1COC(c2ccc(Cl)c(Cc3ccc(-c4ccc(F)nc4)s3)c2)C(O)C(O)[C@H](O)C1. The van der Waals surface area contributed by atoms with Crippen LogP contribution in [0.3, 0.4) is 0 Å². The quantitative estimate of drug-likeness (QED) is 0.429. The molecule has 1 aliphatic rings. The van der Waals surface area contributed by atoms with Crippen LogP contribution in [0.15, 0.2) is 48.7 Å². The molecule has 170 valence electrons. The molecule has 5 atom stereocenters. The standard InChI is InChI=1S/C23H23ClFNO5S/c24-17-4-1-12(23-22(30)21(29)18(28)9-15(27)11-31-23)7-14(17)8-16-3-5-19(32-16)13-2-6-20(25)26-10-13/h1-7,10,15,18,21-23,27-30H,8-9,11H2/t15?,18-,21?,22?,23?/m1/s1. The highest BCUT2D eigenvalue weighted by molar-refractivity contribution is 7.15. The fourth-order valence-corrected chi connectivity index (χ4v) is 4.95. The zero-order chi connectivity index (χ0) is 22.8. The highest BCUT2D eigenvalue weighted by atomic mass is 35.5. The fourth-order valence-electron chi connectivity index (χ4n) is 3.74. The third kappa shape index (κ3) is 5.18. The molecule has 1 aliphatic heterocycles. The summed E-state index contributed by atoms with van der Waals surface area (Å²) in [7, 11) is 0. The Balaban J connectivity index is 1.57. The first kappa shape index (κ1) is 23.3. The number of aromatic nitrogens is 1. The van der Waals surface area contributed by atoms with Gasteiger partial charge >= 0.3 is 0 Å². The lowest BCUT2D eigenvalue weighted by atomic mass is 9.92.